The van der Waals surface area contributed by atoms with Gasteiger partial charge in [0.25, 0.3) is 0 Å². The van der Waals surface area contributed by atoms with Crippen molar-refractivity contribution in [2.75, 3.05) is 0 Å². The first kappa shape index (κ1) is 9.95. The number of hydrogen-bond acceptors (Lipinski definition) is 3. The Morgan fingerprint density at radius 2 is 2.19 bits per heavy atom. The smallest absolute Gasteiger partial charge is 0.102 e. The van der Waals surface area contributed by atoms with Crippen LogP contribution in [0.15, 0.2) is 36.9 Å². The van der Waals surface area contributed by atoms with Crippen LogP contribution in [-0.4, -0.2) is 14.8 Å². The molecule has 76 valence electrons. The second-order valence-electron chi connectivity index (χ2n) is 3.08. The first-order chi connectivity index (χ1) is 7.88. The zero-order chi connectivity index (χ0) is 11.2. The number of hydrogen-bond donors (Lipinski definition) is 0. The predicted molar refractivity (Wildman–Crippen MR) is 58.1 cm³/mol. The Labute approximate surface area is 93.2 Å². The Balaban J connectivity index is 2.09. The van der Waals surface area contributed by atoms with E-state index in [1.807, 2.05) is 18.3 Å². The fourth-order valence-electron chi connectivity index (χ4n) is 1.19. The van der Waals surface area contributed by atoms with Gasteiger partial charge < -0.3 is 0 Å². The van der Waals surface area contributed by atoms with Crippen LogP contribution in [-0.2, 0) is 6.54 Å². The van der Waals surface area contributed by atoms with Crippen molar-refractivity contribution in [1.29, 1.82) is 5.26 Å². The molecule has 0 fully saturated rings. The summed E-state index contributed by atoms with van der Waals surface area (Å²) in [5.41, 5.74) is 1.26. The summed E-state index contributed by atoms with van der Waals surface area (Å²) in [5.74, 6) is 5.89. The first-order valence-corrected chi connectivity index (χ1v) is 4.70. The SMILES string of the molecule is N#Cc1cncc(C#CCn2cccn2)c1. The van der Waals surface area contributed by atoms with Crippen LogP contribution < -0.4 is 0 Å². The van der Waals surface area contributed by atoms with E-state index >= 15 is 0 Å². The standard InChI is InChI=1S/C12H8N4/c13-8-12-7-11(9-14-10-12)3-1-5-16-6-2-4-15-16/h2,4,6-7,9-10H,5H2. The zero-order valence-corrected chi connectivity index (χ0v) is 8.46. The molecule has 0 saturated heterocycles. The topological polar surface area (TPSA) is 54.5 Å². The number of pyridine rings is 1. The van der Waals surface area contributed by atoms with Gasteiger partial charge in [0, 0.05) is 30.4 Å². The van der Waals surface area contributed by atoms with Gasteiger partial charge >= 0.3 is 0 Å². The Kier molecular flexibility index (Phi) is 2.96. The monoisotopic (exact) mass is 208 g/mol. The van der Waals surface area contributed by atoms with Crippen molar-refractivity contribution in [2.45, 2.75) is 6.54 Å². The van der Waals surface area contributed by atoms with E-state index in [1.54, 1.807) is 23.1 Å². The van der Waals surface area contributed by atoms with E-state index in [4.69, 9.17) is 5.26 Å². The third-order valence-electron chi connectivity index (χ3n) is 1.90. The molecule has 0 aliphatic rings. The lowest BCUT2D eigenvalue weighted by atomic mass is 10.2. The minimum absolute atomic E-state index is 0.519. The maximum absolute atomic E-state index is 8.69. The van der Waals surface area contributed by atoms with Crippen molar-refractivity contribution in [2.24, 2.45) is 0 Å². The van der Waals surface area contributed by atoms with Gasteiger partial charge in [-0.05, 0) is 12.1 Å². The molecule has 0 atom stereocenters. The molecule has 0 aliphatic carbocycles. The average molecular weight is 208 g/mol. The van der Waals surface area contributed by atoms with Gasteiger partial charge in [0.05, 0.1) is 5.56 Å². The van der Waals surface area contributed by atoms with Crippen molar-refractivity contribution in [3.8, 4) is 17.9 Å². The van der Waals surface area contributed by atoms with Gasteiger partial charge in [-0.25, -0.2) is 0 Å². The second kappa shape index (κ2) is 4.77. The molecule has 4 nitrogen and oxygen atoms in total. The van der Waals surface area contributed by atoms with Crippen LogP contribution in [0.25, 0.3) is 0 Å². The number of nitriles is 1. The van der Waals surface area contributed by atoms with E-state index in [-0.39, 0.29) is 0 Å². The highest BCUT2D eigenvalue weighted by Crippen LogP contribution is 1.99. The van der Waals surface area contributed by atoms with Gasteiger partial charge in [0.2, 0.25) is 0 Å². The highest BCUT2D eigenvalue weighted by molar-refractivity contribution is 5.38. The Morgan fingerprint density at radius 1 is 1.31 bits per heavy atom. The molecule has 2 heterocycles. The van der Waals surface area contributed by atoms with Crippen LogP contribution in [0.4, 0.5) is 0 Å². The van der Waals surface area contributed by atoms with Crippen LogP contribution in [0.2, 0.25) is 0 Å². The lowest BCUT2D eigenvalue weighted by Crippen LogP contribution is -1.94. The van der Waals surface area contributed by atoms with Gasteiger partial charge in [-0.1, -0.05) is 11.8 Å². The van der Waals surface area contributed by atoms with Crippen molar-refractivity contribution in [1.82, 2.24) is 14.8 Å². The largest absolute Gasteiger partial charge is 0.262 e. The number of nitrogens with zero attached hydrogens (tertiary/aromatic N) is 4. The second-order valence-corrected chi connectivity index (χ2v) is 3.08. The fourth-order valence-corrected chi connectivity index (χ4v) is 1.19. The molecule has 0 radical (unpaired) electrons. The summed E-state index contributed by atoms with van der Waals surface area (Å²) in [4.78, 5) is 3.92. The van der Waals surface area contributed by atoms with Crippen LogP contribution in [0.5, 0.6) is 0 Å². The summed E-state index contributed by atoms with van der Waals surface area (Å²) in [5, 5.41) is 12.7. The first-order valence-electron chi connectivity index (χ1n) is 4.70. The highest BCUT2D eigenvalue weighted by Gasteiger charge is 1.91. The van der Waals surface area contributed by atoms with E-state index < -0.39 is 0 Å². The molecule has 4 heteroatoms. The summed E-state index contributed by atoms with van der Waals surface area (Å²) in [6.45, 7) is 0.532. The summed E-state index contributed by atoms with van der Waals surface area (Å²) < 4.78 is 1.73. The molecule has 0 amide bonds. The van der Waals surface area contributed by atoms with Crippen molar-refractivity contribution < 1.29 is 0 Å². The Morgan fingerprint density at radius 3 is 2.94 bits per heavy atom. The van der Waals surface area contributed by atoms with E-state index in [0.29, 0.717) is 12.1 Å². The minimum Gasteiger partial charge on any atom is -0.262 e. The van der Waals surface area contributed by atoms with Gasteiger partial charge in [0.1, 0.15) is 12.6 Å². The molecule has 0 spiro atoms. The van der Waals surface area contributed by atoms with Crippen LogP contribution in [0.1, 0.15) is 11.1 Å². The molecule has 2 aromatic rings. The van der Waals surface area contributed by atoms with Gasteiger partial charge in [-0.3, -0.25) is 9.67 Å². The Bertz CT molecular complexity index is 567. The van der Waals surface area contributed by atoms with Crippen LogP contribution in [0.3, 0.4) is 0 Å². The molecular formula is C12H8N4. The molecule has 0 saturated carbocycles. The lowest BCUT2D eigenvalue weighted by Gasteiger charge is -1.91. The van der Waals surface area contributed by atoms with Gasteiger partial charge in [-0.2, -0.15) is 10.4 Å². The van der Waals surface area contributed by atoms with Crippen LogP contribution >= 0.6 is 0 Å². The molecule has 0 aromatic carbocycles. The maximum atomic E-state index is 8.69. The quantitative estimate of drug-likeness (QED) is 0.662. The summed E-state index contributed by atoms with van der Waals surface area (Å²) in [6.07, 6.45) is 6.70. The van der Waals surface area contributed by atoms with E-state index in [0.717, 1.165) is 5.56 Å². The molecule has 2 rings (SSSR count). The van der Waals surface area contributed by atoms with E-state index in [2.05, 4.69) is 21.9 Å². The highest BCUT2D eigenvalue weighted by atomic mass is 15.3. The minimum atomic E-state index is 0.519. The van der Waals surface area contributed by atoms with Gasteiger partial charge in [0.15, 0.2) is 0 Å². The third-order valence-corrected chi connectivity index (χ3v) is 1.90. The van der Waals surface area contributed by atoms with Crippen molar-refractivity contribution in [3.63, 3.8) is 0 Å². The summed E-state index contributed by atoms with van der Waals surface area (Å²) >= 11 is 0. The zero-order valence-electron chi connectivity index (χ0n) is 8.46. The molecule has 0 aliphatic heterocycles. The number of rotatable bonds is 1. The Hall–Kier alpha value is -2.59. The molecule has 0 N–H and O–H groups in total. The van der Waals surface area contributed by atoms with Gasteiger partial charge in [-0.15, -0.1) is 0 Å². The molecule has 0 bridgehead atoms. The summed E-state index contributed by atoms with van der Waals surface area (Å²) in [7, 11) is 0. The lowest BCUT2D eigenvalue weighted by molar-refractivity contribution is 0.715. The predicted octanol–water partition coefficient (Wildman–Crippen LogP) is 1.20. The fraction of sp³-hybridized carbons (Fsp3) is 0.0833. The normalized spacial score (nSPS) is 8.94. The molecule has 2 aromatic heterocycles. The summed E-state index contributed by atoms with van der Waals surface area (Å²) in [6, 6.07) is 5.58. The molecule has 0 unspecified atom stereocenters. The van der Waals surface area contributed by atoms with Crippen molar-refractivity contribution >= 4 is 0 Å². The average Bonchev–Trinajstić information content (AvgIpc) is 2.82. The molecular weight excluding hydrogens is 200 g/mol. The van der Waals surface area contributed by atoms with E-state index in [1.165, 1.54) is 6.20 Å². The van der Waals surface area contributed by atoms with Crippen molar-refractivity contribution in [3.05, 3.63) is 48.0 Å². The number of aromatic nitrogens is 3. The maximum Gasteiger partial charge on any atom is 0.102 e. The van der Waals surface area contributed by atoms with E-state index in [9.17, 15) is 0 Å². The molecule has 16 heavy (non-hydrogen) atoms. The third kappa shape index (κ3) is 2.46. The van der Waals surface area contributed by atoms with Crippen LogP contribution in [0, 0.1) is 23.2 Å².